The molecule has 0 aliphatic heterocycles. The highest BCUT2D eigenvalue weighted by Gasteiger charge is 2.16. The van der Waals surface area contributed by atoms with E-state index in [-0.39, 0.29) is 0 Å². The number of rotatable bonds is 3. The molecule has 1 aromatic heterocycles. The summed E-state index contributed by atoms with van der Waals surface area (Å²) in [5.74, 6) is 0. The monoisotopic (exact) mass is 455 g/mol. The smallest absolute Gasteiger partial charge is 0.113 e. The normalized spacial score (nSPS) is 11.4. The van der Waals surface area contributed by atoms with Gasteiger partial charge in [-0.2, -0.15) is 0 Å². The maximum absolute atomic E-state index is 6.12. The summed E-state index contributed by atoms with van der Waals surface area (Å²) in [6, 6.07) is 47.4. The van der Waals surface area contributed by atoms with Gasteiger partial charge in [0.15, 0.2) is 0 Å². The van der Waals surface area contributed by atoms with Gasteiger partial charge in [-0.05, 0) is 51.9 Å². The van der Waals surface area contributed by atoms with Crippen LogP contribution in [0.5, 0.6) is 0 Å². The lowest BCUT2D eigenvalue weighted by atomic mass is 9.93. The van der Waals surface area contributed by atoms with Crippen LogP contribution in [0.4, 0.5) is 0 Å². The second-order valence-corrected chi connectivity index (χ2v) is 9.29. The van der Waals surface area contributed by atoms with Gasteiger partial charge in [-0.1, -0.05) is 115 Å². The Kier molecular flexibility index (Phi) is 4.78. The van der Waals surface area contributed by atoms with Crippen LogP contribution in [0.2, 0.25) is 0 Å². The van der Waals surface area contributed by atoms with Crippen LogP contribution in [0.3, 0.4) is 0 Å². The van der Waals surface area contributed by atoms with Crippen molar-refractivity contribution in [3.05, 3.63) is 133 Å². The van der Waals surface area contributed by atoms with Crippen LogP contribution in [-0.4, -0.2) is 12.4 Å². The lowest BCUT2D eigenvalue weighted by Crippen LogP contribution is -2.00. The van der Waals surface area contributed by atoms with Gasteiger partial charge < -0.3 is 4.57 Å². The van der Waals surface area contributed by atoms with Crippen LogP contribution in [0, 0.1) is 0 Å². The number of fused-ring (bicyclic) bond motifs is 5. The molecular weight excluding hydrogens is 433 g/mol. The number of para-hydroxylation sites is 1. The summed E-state index contributed by atoms with van der Waals surface area (Å²) < 4.78 is 2.40. The first-order valence-corrected chi connectivity index (χ1v) is 12.2. The van der Waals surface area contributed by atoms with Gasteiger partial charge in [0, 0.05) is 21.8 Å². The van der Waals surface area contributed by atoms with Crippen LogP contribution < -0.4 is 5.46 Å². The van der Waals surface area contributed by atoms with E-state index in [2.05, 4.69) is 132 Å². The second kappa shape index (κ2) is 8.28. The van der Waals surface area contributed by atoms with E-state index >= 15 is 0 Å². The summed E-state index contributed by atoms with van der Waals surface area (Å²) >= 11 is 0. The van der Waals surface area contributed by atoms with Gasteiger partial charge in [0.1, 0.15) is 7.85 Å². The Morgan fingerprint density at radius 3 is 1.89 bits per heavy atom. The zero-order chi connectivity index (χ0) is 24.1. The molecule has 0 N–H and O–H groups in total. The SMILES string of the molecule is [B]c1ccc2c(ccc3c4ccc(-c5cccc(-c6ccccc6)c5)cc4n(-c4ccccc4)c23)c1. The lowest BCUT2D eigenvalue weighted by molar-refractivity contribution is 1.19. The van der Waals surface area contributed by atoms with Gasteiger partial charge in [0.05, 0.1) is 11.0 Å². The molecule has 0 saturated carbocycles. The Labute approximate surface area is 211 Å². The first-order valence-electron chi connectivity index (χ1n) is 12.2. The van der Waals surface area contributed by atoms with Crippen LogP contribution in [-0.2, 0) is 0 Å². The topological polar surface area (TPSA) is 4.93 Å². The van der Waals surface area contributed by atoms with Crippen molar-refractivity contribution >= 4 is 45.9 Å². The molecule has 6 aromatic carbocycles. The molecule has 7 aromatic rings. The second-order valence-electron chi connectivity index (χ2n) is 9.29. The minimum absolute atomic E-state index is 0.782. The molecular formula is C34H22BN. The van der Waals surface area contributed by atoms with Crippen LogP contribution in [0.15, 0.2) is 133 Å². The predicted octanol–water partition coefficient (Wildman–Crippen LogP) is 8.06. The van der Waals surface area contributed by atoms with E-state index in [0.29, 0.717) is 0 Å². The highest BCUT2D eigenvalue weighted by molar-refractivity contribution is 6.33. The van der Waals surface area contributed by atoms with Crippen molar-refractivity contribution < 1.29 is 0 Å². The zero-order valence-corrected chi connectivity index (χ0v) is 19.7. The average Bonchev–Trinajstić information content (AvgIpc) is 3.28. The molecule has 2 radical (unpaired) electrons. The Bertz CT molecular complexity index is 1880. The standard InChI is InChI=1S/C34H22BN/c35-28-16-19-30-27(21-28)15-18-32-31-17-14-26(22-33(31)36(34(30)32)29-12-5-2-6-13-29)25-11-7-10-24(20-25)23-8-3-1-4-9-23/h1-22H. The highest BCUT2D eigenvalue weighted by atomic mass is 15.0. The first kappa shape index (κ1) is 20.8. The molecule has 0 fully saturated rings. The van der Waals surface area contributed by atoms with Crippen molar-refractivity contribution in [1.29, 1.82) is 0 Å². The zero-order valence-electron chi connectivity index (χ0n) is 19.7. The molecule has 0 aliphatic carbocycles. The van der Waals surface area contributed by atoms with Crippen molar-refractivity contribution in [3.63, 3.8) is 0 Å². The van der Waals surface area contributed by atoms with Crippen molar-refractivity contribution in [3.8, 4) is 27.9 Å². The van der Waals surface area contributed by atoms with Gasteiger partial charge in [-0.25, -0.2) is 0 Å². The third-order valence-corrected chi connectivity index (χ3v) is 7.09. The van der Waals surface area contributed by atoms with E-state index in [1.165, 1.54) is 49.4 Å². The summed E-state index contributed by atoms with van der Waals surface area (Å²) in [7, 11) is 6.12. The van der Waals surface area contributed by atoms with Gasteiger partial charge in [0.2, 0.25) is 0 Å². The molecule has 0 unspecified atom stereocenters. The Balaban J connectivity index is 1.52. The first-order chi connectivity index (χ1) is 17.8. The van der Waals surface area contributed by atoms with Gasteiger partial charge in [0.25, 0.3) is 0 Å². The van der Waals surface area contributed by atoms with E-state index in [1.54, 1.807) is 0 Å². The van der Waals surface area contributed by atoms with Gasteiger partial charge in [-0.15, -0.1) is 0 Å². The average molecular weight is 455 g/mol. The van der Waals surface area contributed by atoms with E-state index in [0.717, 1.165) is 16.5 Å². The Morgan fingerprint density at radius 1 is 0.444 bits per heavy atom. The number of hydrogen-bond donors (Lipinski definition) is 0. The van der Waals surface area contributed by atoms with Crippen molar-refractivity contribution in [2.24, 2.45) is 0 Å². The third-order valence-electron chi connectivity index (χ3n) is 7.09. The minimum atomic E-state index is 0.782. The number of aromatic nitrogens is 1. The number of benzene rings is 6. The van der Waals surface area contributed by atoms with Crippen LogP contribution >= 0.6 is 0 Å². The molecule has 0 spiro atoms. The third kappa shape index (κ3) is 3.34. The lowest BCUT2D eigenvalue weighted by Gasteiger charge is -2.11. The molecule has 0 amide bonds. The van der Waals surface area contributed by atoms with E-state index < -0.39 is 0 Å². The fourth-order valence-corrected chi connectivity index (χ4v) is 5.39. The van der Waals surface area contributed by atoms with Crippen molar-refractivity contribution in [2.75, 3.05) is 0 Å². The molecule has 0 saturated heterocycles. The number of hydrogen-bond acceptors (Lipinski definition) is 0. The van der Waals surface area contributed by atoms with Crippen LogP contribution in [0.1, 0.15) is 0 Å². The summed E-state index contributed by atoms with van der Waals surface area (Å²) in [5.41, 5.74) is 9.20. The van der Waals surface area contributed by atoms with Crippen molar-refractivity contribution in [2.45, 2.75) is 0 Å². The predicted molar refractivity (Wildman–Crippen MR) is 155 cm³/mol. The molecule has 2 heteroatoms. The number of nitrogens with zero attached hydrogens (tertiary/aromatic N) is 1. The summed E-state index contributed by atoms with van der Waals surface area (Å²) in [5, 5.41) is 4.85. The van der Waals surface area contributed by atoms with Crippen molar-refractivity contribution in [1.82, 2.24) is 4.57 Å². The molecule has 1 nitrogen and oxygen atoms in total. The fourth-order valence-electron chi connectivity index (χ4n) is 5.39. The quantitative estimate of drug-likeness (QED) is 0.238. The molecule has 36 heavy (non-hydrogen) atoms. The molecule has 1 heterocycles. The maximum Gasteiger partial charge on any atom is 0.113 e. The molecule has 166 valence electrons. The van der Waals surface area contributed by atoms with E-state index in [4.69, 9.17) is 7.85 Å². The Morgan fingerprint density at radius 2 is 1.08 bits per heavy atom. The maximum atomic E-state index is 6.12. The largest absolute Gasteiger partial charge is 0.309 e. The molecule has 0 atom stereocenters. The molecule has 0 aliphatic rings. The van der Waals surface area contributed by atoms with E-state index in [1.807, 2.05) is 6.07 Å². The summed E-state index contributed by atoms with van der Waals surface area (Å²) in [6.07, 6.45) is 0. The fraction of sp³-hybridized carbons (Fsp3) is 0. The molecule has 7 rings (SSSR count). The Hall–Kier alpha value is -4.56. The van der Waals surface area contributed by atoms with Gasteiger partial charge in [-0.3, -0.25) is 0 Å². The highest BCUT2D eigenvalue weighted by Crippen LogP contribution is 2.38. The van der Waals surface area contributed by atoms with E-state index in [9.17, 15) is 0 Å². The minimum Gasteiger partial charge on any atom is -0.309 e. The summed E-state index contributed by atoms with van der Waals surface area (Å²) in [6.45, 7) is 0. The van der Waals surface area contributed by atoms with Crippen LogP contribution in [0.25, 0.3) is 60.5 Å². The van der Waals surface area contributed by atoms with Gasteiger partial charge >= 0.3 is 0 Å². The summed E-state index contributed by atoms with van der Waals surface area (Å²) in [4.78, 5) is 0. The molecule has 0 bridgehead atoms.